The zero-order chi connectivity index (χ0) is 16.4. The highest BCUT2D eigenvalue weighted by atomic mass is 16.2. The molecule has 5 nitrogen and oxygen atoms in total. The molecule has 2 fully saturated rings. The van der Waals surface area contributed by atoms with Crippen LogP contribution in [0.5, 0.6) is 0 Å². The third-order valence-corrected chi connectivity index (χ3v) is 6.01. The first-order valence-corrected chi connectivity index (χ1v) is 9.31. The molecule has 1 aromatic rings. The lowest BCUT2D eigenvalue weighted by Crippen LogP contribution is -2.43. The van der Waals surface area contributed by atoms with Crippen molar-refractivity contribution in [1.82, 2.24) is 16.0 Å². The van der Waals surface area contributed by atoms with Gasteiger partial charge in [-0.3, -0.25) is 4.79 Å². The van der Waals surface area contributed by atoms with E-state index in [0.717, 1.165) is 52.1 Å². The van der Waals surface area contributed by atoms with Crippen LogP contribution in [-0.4, -0.2) is 51.2 Å². The molecular weight excluding hydrogens is 300 g/mol. The number of nitrogens with zero attached hydrogens (tertiary/aromatic N) is 1. The largest absolute Gasteiger partial charge is 0.369 e. The van der Waals surface area contributed by atoms with E-state index >= 15 is 0 Å². The van der Waals surface area contributed by atoms with Crippen molar-refractivity contribution in [1.29, 1.82) is 0 Å². The van der Waals surface area contributed by atoms with Crippen LogP contribution in [0.25, 0.3) is 0 Å². The second-order valence-corrected chi connectivity index (χ2v) is 7.54. The molecule has 1 aromatic carbocycles. The van der Waals surface area contributed by atoms with Crippen LogP contribution < -0.4 is 20.9 Å². The molecule has 1 unspecified atom stereocenters. The van der Waals surface area contributed by atoms with Crippen LogP contribution in [-0.2, 0) is 11.2 Å². The maximum absolute atomic E-state index is 12.5. The number of carbonyl (C=O) groups excluding carboxylic acids is 1. The van der Waals surface area contributed by atoms with Gasteiger partial charge in [0.1, 0.15) is 0 Å². The van der Waals surface area contributed by atoms with Gasteiger partial charge in [0.15, 0.2) is 0 Å². The van der Waals surface area contributed by atoms with E-state index in [1.54, 1.807) is 0 Å². The van der Waals surface area contributed by atoms with Gasteiger partial charge in [-0.15, -0.1) is 0 Å². The first kappa shape index (κ1) is 15.9. The van der Waals surface area contributed by atoms with E-state index in [2.05, 4.69) is 45.1 Å². The van der Waals surface area contributed by atoms with E-state index in [-0.39, 0.29) is 11.9 Å². The smallest absolute Gasteiger partial charge is 0.237 e. The predicted octanol–water partition coefficient (Wildman–Crippen LogP) is 0.897. The second kappa shape index (κ2) is 6.73. The summed E-state index contributed by atoms with van der Waals surface area (Å²) >= 11 is 0. The average Bonchev–Trinajstić information content (AvgIpc) is 3.21. The van der Waals surface area contributed by atoms with Crippen molar-refractivity contribution in [2.45, 2.75) is 31.7 Å². The molecule has 1 amide bonds. The summed E-state index contributed by atoms with van der Waals surface area (Å²) in [6.07, 6.45) is 4.49. The fourth-order valence-electron chi connectivity index (χ4n) is 4.52. The lowest BCUT2D eigenvalue weighted by molar-refractivity contribution is -0.122. The Balaban J connectivity index is 1.25. The van der Waals surface area contributed by atoms with Crippen molar-refractivity contribution in [3.05, 3.63) is 29.8 Å². The number of benzene rings is 1. The highest BCUT2D eigenvalue weighted by Gasteiger charge is 2.41. The quantitative estimate of drug-likeness (QED) is 0.769. The molecule has 24 heavy (non-hydrogen) atoms. The standard InChI is InChI=1S/C19H28N4O/c24-18(16-13-19(14-22-16)6-8-20-9-7-19)21-10-12-23-11-5-15-3-1-2-4-17(15)23/h1-4,16,20,22H,5-14H2,(H,21,24). The molecule has 5 heteroatoms. The third-order valence-electron chi connectivity index (χ3n) is 6.01. The molecule has 1 spiro atoms. The SMILES string of the molecule is O=C(NCCN1CCc2ccccc21)C1CC2(CCNCC2)CN1. The van der Waals surface area contributed by atoms with Gasteiger partial charge in [0.05, 0.1) is 6.04 Å². The normalized spacial score (nSPS) is 25.0. The number of carbonyl (C=O) groups is 1. The number of hydrogen-bond acceptors (Lipinski definition) is 4. The minimum atomic E-state index is -0.00559. The Hall–Kier alpha value is -1.59. The minimum absolute atomic E-state index is 0.00559. The molecule has 3 heterocycles. The summed E-state index contributed by atoms with van der Waals surface area (Å²) in [4.78, 5) is 14.9. The Bertz CT molecular complexity index is 597. The average molecular weight is 328 g/mol. The third kappa shape index (κ3) is 3.15. The van der Waals surface area contributed by atoms with Crippen LogP contribution in [0, 0.1) is 5.41 Å². The van der Waals surface area contributed by atoms with Crippen molar-refractivity contribution >= 4 is 11.6 Å². The first-order chi connectivity index (χ1) is 11.8. The van der Waals surface area contributed by atoms with Gasteiger partial charge in [0.2, 0.25) is 5.91 Å². The van der Waals surface area contributed by atoms with Crippen molar-refractivity contribution in [3.8, 4) is 0 Å². The summed E-state index contributed by atoms with van der Waals surface area (Å²) in [7, 11) is 0. The van der Waals surface area contributed by atoms with E-state index in [1.807, 2.05) is 0 Å². The lowest BCUT2D eigenvalue weighted by atomic mass is 9.77. The molecule has 3 aliphatic rings. The van der Waals surface area contributed by atoms with Gasteiger partial charge < -0.3 is 20.9 Å². The molecule has 3 aliphatic heterocycles. The van der Waals surface area contributed by atoms with Crippen LogP contribution in [0.1, 0.15) is 24.8 Å². The molecule has 0 aliphatic carbocycles. The topological polar surface area (TPSA) is 56.4 Å². The molecule has 0 aromatic heterocycles. The number of fused-ring (bicyclic) bond motifs is 1. The second-order valence-electron chi connectivity index (χ2n) is 7.54. The van der Waals surface area contributed by atoms with Crippen molar-refractivity contribution in [2.75, 3.05) is 44.2 Å². The van der Waals surface area contributed by atoms with Gasteiger partial charge in [-0.25, -0.2) is 0 Å². The molecular formula is C19H28N4O. The van der Waals surface area contributed by atoms with Crippen molar-refractivity contribution in [3.63, 3.8) is 0 Å². The molecule has 0 bridgehead atoms. The fourth-order valence-corrected chi connectivity index (χ4v) is 4.52. The summed E-state index contributed by atoms with van der Waals surface area (Å²) in [5.41, 5.74) is 3.11. The first-order valence-electron chi connectivity index (χ1n) is 9.31. The summed E-state index contributed by atoms with van der Waals surface area (Å²) in [6, 6.07) is 8.58. The van der Waals surface area contributed by atoms with Crippen molar-refractivity contribution < 1.29 is 4.79 Å². The van der Waals surface area contributed by atoms with E-state index in [0.29, 0.717) is 5.41 Å². The Kier molecular flexibility index (Phi) is 4.46. The number of amides is 1. The molecule has 4 rings (SSSR count). The number of anilines is 1. The summed E-state index contributed by atoms with van der Waals surface area (Å²) in [6.45, 7) is 5.85. The molecule has 0 radical (unpaired) electrons. The lowest BCUT2D eigenvalue weighted by Gasteiger charge is -2.33. The maximum atomic E-state index is 12.5. The van der Waals surface area contributed by atoms with Gasteiger partial charge in [-0.2, -0.15) is 0 Å². The van der Waals surface area contributed by atoms with Crippen molar-refractivity contribution in [2.24, 2.45) is 5.41 Å². The highest BCUT2D eigenvalue weighted by molar-refractivity contribution is 5.82. The van der Waals surface area contributed by atoms with Gasteiger partial charge in [-0.1, -0.05) is 18.2 Å². The number of para-hydroxylation sites is 1. The Morgan fingerprint density at radius 2 is 2.12 bits per heavy atom. The van der Waals surface area contributed by atoms with E-state index in [1.165, 1.54) is 24.1 Å². The maximum Gasteiger partial charge on any atom is 0.237 e. The summed E-state index contributed by atoms with van der Waals surface area (Å²) in [5, 5.41) is 10.0. The Morgan fingerprint density at radius 3 is 3.00 bits per heavy atom. The summed E-state index contributed by atoms with van der Waals surface area (Å²) in [5.74, 6) is 0.179. The monoisotopic (exact) mass is 328 g/mol. The molecule has 2 saturated heterocycles. The van der Waals surface area contributed by atoms with Crippen LogP contribution in [0.2, 0.25) is 0 Å². The number of hydrogen-bond donors (Lipinski definition) is 3. The summed E-state index contributed by atoms with van der Waals surface area (Å²) < 4.78 is 0. The van der Waals surface area contributed by atoms with Crippen LogP contribution in [0.4, 0.5) is 5.69 Å². The van der Waals surface area contributed by atoms with Crippen LogP contribution >= 0.6 is 0 Å². The van der Waals surface area contributed by atoms with Gasteiger partial charge in [-0.05, 0) is 55.8 Å². The van der Waals surface area contributed by atoms with Crippen LogP contribution in [0.15, 0.2) is 24.3 Å². The zero-order valence-electron chi connectivity index (χ0n) is 14.3. The van der Waals surface area contributed by atoms with E-state index < -0.39 is 0 Å². The molecule has 0 saturated carbocycles. The number of nitrogens with one attached hydrogen (secondary N) is 3. The predicted molar refractivity (Wildman–Crippen MR) is 96.3 cm³/mol. The molecule has 130 valence electrons. The van der Waals surface area contributed by atoms with Gasteiger partial charge >= 0.3 is 0 Å². The number of piperidine rings is 1. The van der Waals surface area contributed by atoms with Gasteiger partial charge in [0, 0.05) is 31.9 Å². The van der Waals surface area contributed by atoms with Gasteiger partial charge in [0.25, 0.3) is 0 Å². The molecule has 1 atom stereocenters. The minimum Gasteiger partial charge on any atom is -0.369 e. The molecule has 3 N–H and O–H groups in total. The fraction of sp³-hybridized carbons (Fsp3) is 0.632. The Morgan fingerprint density at radius 1 is 1.29 bits per heavy atom. The number of rotatable bonds is 4. The van der Waals surface area contributed by atoms with Crippen LogP contribution in [0.3, 0.4) is 0 Å². The van der Waals surface area contributed by atoms with E-state index in [9.17, 15) is 4.79 Å². The Labute approximate surface area is 144 Å². The zero-order valence-corrected chi connectivity index (χ0v) is 14.3. The van der Waals surface area contributed by atoms with E-state index in [4.69, 9.17) is 0 Å². The highest BCUT2D eigenvalue weighted by Crippen LogP contribution is 2.37.